The lowest BCUT2D eigenvalue weighted by molar-refractivity contribution is -0.116. The molecule has 176 valence electrons. The highest BCUT2D eigenvalue weighted by Gasteiger charge is 2.23. The van der Waals surface area contributed by atoms with E-state index < -0.39 is 5.69 Å². The zero-order valence-electron chi connectivity index (χ0n) is 19.0. The van der Waals surface area contributed by atoms with Gasteiger partial charge in [-0.1, -0.05) is 42.5 Å². The molecule has 0 spiro atoms. The molecule has 4 heterocycles. The fourth-order valence-electron chi connectivity index (χ4n) is 4.07. The normalized spacial score (nSPS) is 14.0. The molecule has 4 aromatic rings. The molecule has 0 saturated carbocycles. The number of morpholine rings is 1. The fraction of sp³-hybridized carbons (Fsp3) is 0.333. The number of amides is 1. The van der Waals surface area contributed by atoms with Crippen LogP contribution in [0.25, 0.3) is 20.9 Å². The highest BCUT2D eigenvalue weighted by Crippen LogP contribution is 2.35. The van der Waals surface area contributed by atoms with Crippen molar-refractivity contribution >= 4 is 49.7 Å². The van der Waals surface area contributed by atoms with Gasteiger partial charge in [-0.3, -0.25) is 9.36 Å². The van der Waals surface area contributed by atoms with Gasteiger partial charge in [0.05, 0.1) is 18.1 Å². The first-order chi connectivity index (χ1) is 16.5. The second-order valence-corrected chi connectivity index (χ2v) is 9.97. The molecule has 1 N–H and O–H groups in total. The number of hydrogen-bond acceptors (Lipinski definition) is 8. The van der Waals surface area contributed by atoms with Crippen molar-refractivity contribution in [2.75, 3.05) is 36.5 Å². The summed E-state index contributed by atoms with van der Waals surface area (Å²) in [7, 11) is 0. The van der Waals surface area contributed by atoms with E-state index in [-0.39, 0.29) is 12.5 Å². The lowest BCUT2D eigenvalue weighted by atomic mass is 10.1. The van der Waals surface area contributed by atoms with Gasteiger partial charge in [-0.25, -0.2) is 9.78 Å². The van der Waals surface area contributed by atoms with Crippen LogP contribution in [0.3, 0.4) is 0 Å². The van der Waals surface area contributed by atoms with E-state index in [1.165, 1.54) is 27.2 Å². The zero-order chi connectivity index (χ0) is 23.7. The van der Waals surface area contributed by atoms with Crippen LogP contribution in [-0.2, 0) is 22.5 Å². The number of hydrogen-bond donors (Lipinski definition) is 1. The van der Waals surface area contributed by atoms with Gasteiger partial charge >= 0.3 is 5.69 Å². The van der Waals surface area contributed by atoms with E-state index >= 15 is 0 Å². The van der Waals surface area contributed by atoms with Gasteiger partial charge in [0.15, 0.2) is 5.13 Å². The molecule has 0 radical (unpaired) electrons. The lowest BCUT2D eigenvalue weighted by Crippen LogP contribution is -2.36. The second-order valence-electron chi connectivity index (χ2n) is 8.07. The van der Waals surface area contributed by atoms with Gasteiger partial charge in [0.1, 0.15) is 22.6 Å². The van der Waals surface area contributed by atoms with E-state index in [9.17, 15) is 9.59 Å². The molecule has 34 heavy (non-hydrogen) atoms. The standard InChI is InChI=1S/C24H25N5O3S2/c1-3-16-7-4-6-15(2)19(16)25-18(30)14-29-22-21(20(26-23(29)31)17-8-5-13-33-17)27-24(34-22)28-9-11-32-12-10-28/h4-8,13H,3,9-12,14H2,1-2H3,(H,25,30). The average molecular weight is 496 g/mol. The van der Waals surface area contributed by atoms with Crippen molar-refractivity contribution in [1.82, 2.24) is 14.5 Å². The lowest BCUT2D eigenvalue weighted by Gasteiger charge is -2.25. The molecule has 1 aromatic carbocycles. The number of nitrogens with zero attached hydrogens (tertiary/aromatic N) is 4. The number of thiophene rings is 1. The maximum absolute atomic E-state index is 13.1. The number of anilines is 2. The summed E-state index contributed by atoms with van der Waals surface area (Å²) in [6.45, 7) is 6.63. The van der Waals surface area contributed by atoms with Gasteiger partial charge in [0.25, 0.3) is 0 Å². The number of thiazole rings is 1. The van der Waals surface area contributed by atoms with E-state index in [0.717, 1.165) is 46.3 Å². The minimum Gasteiger partial charge on any atom is -0.378 e. The number of para-hydroxylation sites is 1. The van der Waals surface area contributed by atoms with Gasteiger partial charge < -0.3 is 15.0 Å². The third-order valence-corrected chi connectivity index (χ3v) is 7.86. The molecule has 1 fully saturated rings. The van der Waals surface area contributed by atoms with Crippen LogP contribution in [0.1, 0.15) is 18.1 Å². The molecule has 0 unspecified atom stereocenters. The summed E-state index contributed by atoms with van der Waals surface area (Å²) in [5, 5.41) is 5.77. The summed E-state index contributed by atoms with van der Waals surface area (Å²) < 4.78 is 6.91. The minimum atomic E-state index is -0.455. The number of aryl methyl sites for hydroxylation is 2. The number of fused-ring (bicyclic) bond motifs is 1. The van der Waals surface area contributed by atoms with Crippen LogP contribution in [0.15, 0.2) is 40.5 Å². The highest BCUT2D eigenvalue weighted by molar-refractivity contribution is 7.22. The molecule has 1 aliphatic heterocycles. The summed E-state index contributed by atoms with van der Waals surface area (Å²) in [4.78, 5) is 39.1. The van der Waals surface area contributed by atoms with Gasteiger partial charge in [-0.05, 0) is 35.9 Å². The van der Waals surface area contributed by atoms with Crippen LogP contribution in [0, 0.1) is 6.92 Å². The van der Waals surface area contributed by atoms with Crippen LogP contribution in [-0.4, -0.2) is 46.7 Å². The van der Waals surface area contributed by atoms with Crippen LogP contribution >= 0.6 is 22.7 Å². The molecular formula is C24H25N5O3S2. The Bertz CT molecular complexity index is 1390. The summed E-state index contributed by atoms with van der Waals surface area (Å²) in [5.41, 5.74) is 3.61. The van der Waals surface area contributed by atoms with Crippen molar-refractivity contribution in [3.63, 3.8) is 0 Å². The van der Waals surface area contributed by atoms with Crippen molar-refractivity contribution in [2.24, 2.45) is 0 Å². The van der Waals surface area contributed by atoms with Gasteiger partial charge in [0.2, 0.25) is 5.91 Å². The monoisotopic (exact) mass is 495 g/mol. The van der Waals surface area contributed by atoms with Gasteiger partial charge in [-0.15, -0.1) is 11.3 Å². The van der Waals surface area contributed by atoms with Crippen molar-refractivity contribution in [3.8, 4) is 10.6 Å². The predicted molar refractivity (Wildman–Crippen MR) is 137 cm³/mol. The third kappa shape index (κ3) is 4.36. The molecule has 10 heteroatoms. The quantitative estimate of drug-likeness (QED) is 0.436. The topological polar surface area (TPSA) is 89.3 Å². The first-order valence-electron chi connectivity index (χ1n) is 11.2. The number of aromatic nitrogens is 3. The fourth-order valence-corrected chi connectivity index (χ4v) is 5.90. The maximum Gasteiger partial charge on any atom is 0.349 e. The largest absolute Gasteiger partial charge is 0.378 e. The Morgan fingerprint density at radius 3 is 2.74 bits per heavy atom. The number of nitrogens with one attached hydrogen (secondary N) is 1. The Hall–Kier alpha value is -3.08. The summed E-state index contributed by atoms with van der Waals surface area (Å²) in [6.07, 6.45) is 0.802. The highest BCUT2D eigenvalue weighted by atomic mass is 32.1. The predicted octanol–water partition coefficient (Wildman–Crippen LogP) is 3.93. The SMILES string of the molecule is CCc1cccc(C)c1NC(=O)Cn1c(=O)nc(-c2cccs2)c2nc(N3CCOCC3)sc21. The molecule has 3 aromatic heterocycles. The number of carbonyl (C=O) groups excluding carboxylic acids is 1. The van der Waals surface area contributed by atoms with E-state index in [1.54, 1.807) is 0 Å². The van der Waals surface area contributed by atoms with E-state index in [2.05, 4.69) is 22.1 Å². The molecule has 5 rings (SSSR count). The minimum absolute atomic E-state index is 0.130. The van der Waals surface area contributed by atoms with Crippen LogP contribution < -0.4 is 15.9 Å². The first kappa shape index (κ1) is 22.7. The van der Waals surface area contributed by atoms with Gasteiger partial charge in [-0.2, -0.15) is 4.98 Å². The Labute approximate surface area is 204 Å². The molecule has 0 aliphatic carbocycles. The molecule has 0 bridgehead atoms. The molecule has 1 aliphatic rings. The number of carbonyl (C=O) groups is 1. The van der Waals surface area contributed by atoms with Crippen LogP contribution in [0.4, 0.5) is 10.8 Å². The maximum atomic E-state index is 13.1. The summed E-state index contributed by atoms with van der Waals surface area (Å²) in [5.74, 6) is -0.264. The first-order valence-corrected chi connectivity index (χ1v) is 12.9. The van der Waals surface area contributed by atoms with E-state index in [1.807, 2.05) is 42.6 Å². The average Bonchev–Trinajstić information content (AvgIpc) is 3.53. The molecule has 8 nitrogen and oxygen atoms in total. The molecular weight excluding hydrogens is 470 g/mol. The van der Waals surface area contributed by atoms with E-state index in [4.69, 9.17) is 9.72 Å². The van der Waals surface area contributed by atoms with Crippen molar-refractivity contribution in [2.45, 2.75) is 26.8 Å². The number of benzene rings is 1. The Balaban J connectivity index is 1.55. The van der Waals surface area contributed by atoms with Gasteiger partial charge in [0, 0.05) is 18.8 Å². The second kappa shape index (κ2) is 9.65. The zero-order valence-corrected chi connectivity index (χ0v) is 20.7. The molecule has 0 atom stereocenters. The number of rotatable bonds is 6. The van der Waals surface area contributed by atoms with Crippen molar-refractivity contribution < 1.29 is 9.53 Å². The van der Waals surface area contributed by atoms with E-state index in [0.29, 0.717) is 29.3 Å². The number of ether oxygens (including phenoxy) is 1. The van der Waals surface area contributed by atoms with Crippen molar-refractivity contribution in [1.29, 1.82) is 0 Å². The van der Waals surface area contributed by atoms with Crippen molar-refractivity contribution in [3.05, 3.63) is 57.3 Å². The Kier molecular flexibility index (Phi) is 6.44. The summed E-state index contributed by atoms with van der Waals surface area (Å²) >= 11 is 2.93. The van der Waals surface area contributed by atoms with Crippen LogP contribution in [0.5, 0.6) is 0 Å². The van der Waals surface area contributed by atoms with Crippen LogP contribution in [0.2, 0.25) is 0 Å². The third-order valence-electron chi connectivity index (χ3n) is 5.85. The Morgan fingerprint density at radius 1 is 1.18 bits per heavy atom. The Morgan fingerprint density at radius 2 is 2.00 bits per heavy atom. The molecule has 1 saturated heterocycles. The molecule has 1 amide bonds. The smallest absolute Gasteiger partial charge is 0.349 e. The summed E-state index contributed by atoms with van der Waals surface area (Å²) in [6, 6.07) is 9.81.